The van der Waals surface area contributed by atoms with E-state index in [1.807, 2.05) is 25.1 Å². The fraction of sp³-hybridized carbons (Fsp3) is 0.250. The molecule has 6 nitrogen and oxygen atoms in total. The number of carbonyl (C=O) groups excluding carboxylic acids is 1. The number of nitrogens with one attached hydrogen (secondary N) is 3. The third-order valence-corrected chi connectivity index (χ3v) is 3.15. The Bertz CT molecular complexity index is 738. The molecular weight excluding hydrogens is 282 g/mol. The van der Waals surface area contributed by atoms with Crippen LogP contribution in [0.4, 0.5) is 10.5 Å². The molecule has 0 aliphatic heterocycles. The van der Waals surface area contributed by atoms with E-state index >= 15 is 0 Å². The van der Waals surface area contributed by atoms with Crippen LogP contribution in [0.15, 0.2) is 35.3 Å². The summed E-state index contributed by atoms with van der Waals surface area (Å²) in [4.78, 5) is 25.7. The van der Waals surface area contributed by atoms with Gasteiger partial charge in [0.1, 0.15) is 5.75 Å². The second-order valence-corrected chi connectivity index (χ2v) is 5.07. The average molecular weight is 301 g/mol. The first-order valence-corrected chi connectivity index (χ1v) is 6.86. The normalized spacial score (nSPS) is 10.1. The maximum absolute atomic E-state index is 11.9. The van der Waals surface area contributed by atoms with Crippen LogP contribution < -0.4 is 20.9 Å². The maximum Gasteiger partial charge on any atom is 0.319 e. The zero-order valence-electron chi connectivity index (χ0n) is 12.8. The lowest BCUT2D eigenvalue weighted by atomic mass is 10.1. The van der Waals surface area contributed by atoms with Gasteiger partial charge >= 0.3 is 6.03 Å². The van der Waals surface area contributed by atoms with Crippen molar-refractivity contribution in [2.75, 3.05) is 12.4 Å². The van der Waals surface area contributed by atoms with Crippen LogP contribution in [0.1, 0.15) is 16.7 Å². The number of aromatic nitrogens is 1. The first-order chi connectivity index (χ1) is 10.5. The fourth-order valence-corrected chi connectivity index (χ4v) is 2.07. The molecule has 1 aromatic carbocycles. The minimum atomic E-state index is -0.341. The predicted octanol–water partition coefficient (Wildman–Crippen LogP) is 2.32. The zero-order valence-corrected chi connectivity index (χ0v) is 12.8. The van der Waals surface area contributed by atoms with E-state index in [1.54, 1.807) is 20.1 Å². The minimum Gasteiger partial charge on any atom is -0.497 e. The Hall–Kier alpha value is -2.76. The van der Waals surface area contributed by atoms with Gasteiger partial charge in [-0.1, -0.05) is 6.07 Å². The molecule has 0 aliphatic rings. The van der Waals surface area contributed by atoms with E-state index in [0.717, 1.165) is 16.9 Å². The van der Waals surface area contributed by atoms with Gasteiger partial charge in [-0.15, -0.1) is 0 Å². The summed E-state index contributed by atoms with van der Waals surface area (Å²) in [6.07, 6.45) is 1.46. The van der Waals surface area contributed by atoms with Crippen LogP contribution in [-0.2, 0) is 6.54 Å². The first-order valence-electron chi connectivity index (χ1n) is 6.86. The minimum absolute atomic E-state index is 0.169. The van der Waals surface area contributed by atoms with Gasteiger partial charge in [0, 0.05) is 18.3 Å². The van der Waals surface area contributed by atoms with Crippen molar-refractivity contribution in [3.63, 3.8) is 0 Å². The quantitative estimate of drug-likeness (QED) is 0.810. The molecule has 1 heterocycles. The number of aryl methyl sites for hydroxylation is 2. The van der Waals surface area contributed by atoms with E-state index in [-0.39, 0.29) is 11.6 Å². The van der Waals surface area contributed by atoms with Crippen molar-refractivity contribution < 1.29 is 9.53 Å². The first kappa shape index (κ1) is 15.6. The van der Waals surface area contributed by atoms with Crippen molar-refractivity contribution in [3.05, 3.63) is 57.5 Å². The lowest BCUT2D eigenvalue weighted by Crippen LogP contribution is -2.28. The van der Waals surface area contributed by atoms with Crippen LogP contribution in [-0.4, -0.2) is 18.1 Å². The van der Waals surface area contributed by atoms with Crippen LogP contribution in [0.3, 0.4) is 0 Å². The highest BCUT2D eigenvalue weighted by molar-refractivity contribution is 5.89. The number of hydrogen-bond donors (Lipinski definition) is 3. The smallest absolute Gasteiger partial charge is 0.319 e. The summed E-state index contributed by atoms with van der Waals surface area (Å²) in [6.45, 7) is 4.03. The summed E-state index contributed by atoms with van der Waals surface area (Å²) in [5.74, 6) is 0.758. The largest absolute Gasteiger partial charge is 0.497 e. The third kappa shape index (κ3) is 4.12. The lowest BCUT2D eigenvalue weighted by molar-refractivity contribution is 0.251. The molecule has 0 saturated carbocycles. The van der Waals surface area contributed by atoms with Crippen molar-refractivity contribution in [1.29, 1.82) is 0 Å². The summed E-state index contributed by atoms with van der Waals surface area (Å²) in [6, 6.07) is 7.05. The molecule has 116 valence electrons. The molecule has 6 heteroatoms. The van der Waals surface area contributed by atoms with E-state index in [9.17, 15) is 9.59 Å². The van der Waals surface area contributed by atoms with Crippen molar-refractivity contribution in [1.82, 2.24) is 10.3 Å². The van der Waals surface area contributed by atoms with Gasteiger partial charge in [0.05, 0.1) is 12.8 Å². The van der Waals surface area contributed by atoms with E-state index in [0.29, 0.717) is 17.8 Å². The Labute approximate surface area is 128 Å². The number of methoxy groups -OCH3 is 1. The number of rotatable bonds is 4. The molecule has 0 bridgehead atoms. The molecule has 2 rings (SSSR count). The molecule has 2 aromatic rings. The molecule has 22 heavy (non-hydrogen) atoms. The molecule has 0 radical (unpaired) electrons. The zero-order chi connectivity index (χ0) is 16.1. The number of amides is 2. The number of carbonyl (C=O) groups is 1. The van der Waals surface area contributed by atoms with Crippen molar-refractivity contribution in [2.45, 2.75) is 20.4 Å². The molecule has 2 amide bonds. The third-order valence-electron chi connectivity index (χ3n) is 3.15. The lowest BCUT2D eigenvalue weighted by Gasteiger charge is -2.10. The highest BCUT2D eigenvalue weighted by Gasteiger charge is 2.04. The highest BCUT2D eigenvalue weighted by Crippen LogP contribution is 2.16. The summed E-state index contributed by atoms with van der Waals surface area (Å²) >= 11 is 0. The Morgan fingerprint density at radius 1 is 1.23 bits per heavy atom. The maximum atomic E-state index is 11.9. The molecular formula is C16H19N3O3. The van der Waals surface area contributed by atoms with Gasteiger partial charge in [-0.05, 0) is 43.2 Å². The van der Waals surface area contributed by atoms with Gasteiger partial charge in [-0.2, -0.15) is 0 Å². The topological polar surface area (TPSA) is 83.2 Å². The standard InChI is InChI=1S/C16H19N3O3/c1-10-4-12(7-14(5-10)22-3)8-18-16(21)19-13-6-11(2)15(20)17-9-13/h4-7,9H,8H2,1-3H3,(H,17,20)(H2,18,19,21). The number of benzene rings is 1. The summed E-state index contributed by atoms with van der Waals surface area (Å²) in [5, 5.41) is 5.43. The molecule has 0 unspecified atom stereocenters. The molecule has 0 atom stereocenters. The number of pyridine rings is 1. The number of hydrogen-bond acceptors (Lipinski definition) is 3. The molecule has 0 fully saturated rings. The fourth-order valence-electron chi connectivity index (χ4n) is 2.07. The molecule has 1 aromatic heterocycles. The van der Waals surface area contributed by atoms with Crippen LogP contribution in [0, 0.1) is 13.8 Å². The van der Waals surface area contributed by atoms with Crippen LogP contribution in [0.5, 0.6) is 5.75 Å². The second-order valence-electron chi connectivity index (χ2n) is 5.07. The van der Waals surface area contributed by atoms with Crippen molar-refractivity contribution >= 4 is 11.7 Å². The molecule has 0 aliphatic carbocycles. The number of H-pyrrole nitrogens is 1. The number of anilines is 1. The van der Waals surface area contributed by atoms with Gasteiger partial charge in [0.15, 0.2) is 0 Å². The van der Waals surface area contributed by atoms with Crippen LogP contribution in [0.2, 0.25) is 0 Å². The van der Waals surface area contributed by atoms with Crippen molar-refractivity contribution in [2.24, 2.45) is 0 Å². The summed E-state index contributed by atoms with van der Waals surface area (Å²) < 4.78 is 5.20. The highest BCUT2D eigenvalue weighted by atomic mass is 16.5. The van der Waals surface area contributed by atoms with E-state index in [1.165, 1.54) is 6.20 Å². The van der Waals surface area contributed by atoms with Gasteiger partial charge < -0.3 is 20.4 Å². The molecule has 3 N–H and O–H groups in total. The Kier molecular flexibility index (Phi) is 4.83. The van der Waals surface area contributed by atoms with Gasteiger partial charge in [-0.25, -0.2) is 4.79 Å². The van der Waals surface area contributed by atoms with E-state index < -0.39 is 0 Å². The summed E-state index contributed by atoms with van der Waals surface area (Å²) in [7, 11) is 1.61. The number of urea groups is 1. The van der Waals surface area contributed by atoms with Crippen LogP contribution >= 0.6 is 0 Å². The second kappa shape index (κ2) is 6.80. The number of ether oxygens (including phenoxy) is 1. The number of aromatic amines is 1. The van der Waals surface area contributed by atoms with Crippen molar-refractivity contribution in [3.8, 4) is 5.75 Å². The Morgan fingerprint density at radius 3 is 2.68 bits per heavy atom. The van der Waals surface area contributed by atoms with E-state index in [2.05, 4.69) is 15.6 Å². The van der Waals surface area contributed by atoms with E-state index in [4.69, 9.17) is 4.74 Å². The molecule has 0 spiro atoms. The SMILES string of the molecule is COc1cc(C)cc(CNC(=O)Nc2c[nH]c(=O)c(C)c2)c1. The Morgan fingerprint density at radius 2 is 2.00 bits per heavy atom. The monoisotopic (exact) mass is 301 g/mol. The molecule has 0 saturated heterocycles. The Balaban J connectivity index is 1.96. The average Bonchev–Trinajstić information content (AvgIpc) is 2.48. The predicted molar refractivity (Wildman–Crippen MR) is 85.4 cm³/mol. The summed E-state index contributed by atoms with van der Waals surface area (Å²) in [5.41, 5.74) is 2.92. The van der Waals surface area contributed by atoms with Gasteiger partial charge in [0.2, 0.25) is 0 Å². The van der Waals surface area contributed by atoms with Crippen LogP contribution in [0.25, 0.3) is 0 Å². The van der Waals surface area contributed by atoms with Gasteiger partial charge in [0.25, 0.3) is 5.56 Å². The van der Waals surface area contributed by atoms with Gasteiger partial charge in [-0.3, -0.25) is 4.79 Å².